The largest absolute Gasteiger partial charge is 0.303 e. The van der Waals surface area contributed by atoms with E-state index in [4.69, 9.17) is 4.98 Å². The molecule has 20 heavy (non-hydrogen) atoms. The molecule has 0 amide bonds. The molecule has 2 aliphatic rings. The van der Waals surface area contributed by atoms with Gasteiger partial charge in [0.25, 0.3) is 0 Å². The third-order valence-electron chi connectivity index (χ3n) is 4.64. The van der Waals surface area contributed by atoms with E-state index < -0.39 is 0 Å². The molecule has 1 heterocycles. The Kier molecular flexibility index (Phi) is 4.19. The Bertz CT molecular complexity index is 438. The van der Waals surface area contributed by atoms with Crippen molar-refractivity contribution in [2.24, 2.45) is 5.92 Å². The number of fused-ring (bicyclic) bond motifs is 1. The Labute approximate surface area is 127 Å². The number of nitrogens with one attached hydrogen (secondary N) is 1. The Morgan fingerprint density at radius 2 is 2.05 bits per heavy atom. The molecule has 0 aromatic carbocycles. The highest BCUT2D eigenvalue weighted by molar-refractivity contribution is 7.11. The van der Waals surface area contributed by atoms with Crippen molar-refractivity contribution in [1.82, 2.24) is 10.3 Å². The van der Waals surface area contributed by atoms with E-state index in [2.05, 4.69) is 26.1 Å². The zero-order valence-electron chi connectivity index (χ0n) is 13.2. The maximum atomic E-state index is 5.04. The van der Waals surface area contributed by atoms with Gasteiger partial charge in [-0.15, -0.1) is 11.3 Å². The van der Waals surface area contributed by atoms with Crippen molar-refractivity contribution in [2.75, 3.05) is 0 Å². The quantitative estimate of drug-likeness (QED) is 0.839. The van der Waals surface area contributed by atoms with Crippen LogP contribution in [0, 0.1) is 5.92 Å². The summed E-state index contributed by atoms with van der Waals surface area (Å²) in [6, 6.07) is 0.744. The van der Waals surface area contributed by atoms with E-state index in [1.165, 1.54) is 62.1 Å². The number of thiazole rings is 1. The molecule has 2 aliphatic carbocycles. The number of aryl methyl sites for hydroxylation is 2. The van der Waals surface area contributed by atoms with Crippen LogP contribution in [0.3, 0.4) is 0 Å². The Balaban J connectivity index is 1.81. The third kappa shape index (κ3) is 3.25. The standard InChI is InChI=1S/C17H28N2S/c1-12(2)10-11-17(3,19-13-8-9-13)16-18-14-6-4-5-7-15(14)20-16/h12-13,19H,4-11H2,1-3H3. The molecule has 0 bridgehead atoms. The summed E-state index contributed by atoms with van der Waals surface area (Å²) < 4.78 is 0. The van der Waals surface area contributed by atoms with Crippen molar-refractivity contribution in [3.8, 4) is 0 Å². The summed E-state index contributed by atoms with van der Waals surface area (Å²) in [7, 11) is 0. The number of rotatable bonds is 6. The van der Waals surface area contributed by atoms with Crippen molar-refractivity contribution in [3.05, 3.63) is 15.6 Å². The zero-order chi connectivity index (χ0) is 14.2. The summed E-state index contributed by atoms with van der Waals surface area (Å²) in [4.78, 5) is 6.61. The molecule has 1 N–H and O–H groups in total. The van der Waals surface area contributed by atoms with Gasteiger partial charge in [-0.05, 0) is 64.2 Å². The maximum Gasteiger partial charge on any atom is 0.113 e. The van der Waals surface area contributed by atoms with Crippen molar-refractivity contribution in [3.63, 3.8) is 0 Å². The van der Waals surface area contributed by atoms with Crippen molar-refractivity contribution < 1.29 is 0 Å². The van der Waals surface area contributed by atoms with E-state index in [-0.39, 0.29) is 5.54 Å². The molecule has 1 fully saturated rings. The van der Waals surface area contributed by atoms with Crippen LogP contribution in [-0.4, -0.2) is 11.0 Å². The second kappa shape index (κ2) is 5.76. The average Bonchev–Trinajstić information content (AvgIpc) is 3.10. The molecule has 2 nitrogen and oxygen atoms in total. The molecule has 3 rings (SSSR count). The molecule has 0 aliphatic heterocycles. The zero-order valence-corrected chi connectivity index (χ0v) is 14.0. The van der Waals surface area contributed by atoms with Gasteiger partial charge < -0.3 is 5.32 Å². The summed E-state index contributed by atoms with van der Waals surface area (Å²) in [5.41, 5.74) is 1.51. The molecule has 3 heteroatoms. The van der Waals surface area contributed by atoms with Crippen LogP contribution in [0.4, 0.5) is 0 Å². The van der Waals surface area contributed by atoms with E-state index >= 15 is 0 Å². The van der Waals surface area contributed by atoms with E-state index in [0.29, 0.717) is 0 Å². The van der Waals surface area contributed by atoms with Crippen LogP contribution in [0.2, 0.25) is 0 Å². The molecule has 0 spiro atoms. The lowest BCUT2D eigenvalue weighted by Gasteiger charge is -2.30. The second-order valence-electron chi connectivity index (χ2n) is 7.28. The van der Waals surface area contributed by atoms with Crippen LogP contribution in [0.1, 0.15) is 74.9 Å². The van der Waals surface area contributed by atoms with Crippen molar-refractivity contribution >= 4 is 11.3 Å². The normalized spacial score (nSPS) is 21.8. The lowest BCUT2D eigenvalue weighted by Crippen LogP contribution is -2.41. The number of hydrogen-bond donors (Lipinski definition) is 1. The van der Waals surface area contributed by atoms with Crippen LogP contribution in [0.5, 0.6) is 0 Å². The Morgan fingerprint density at radius 1 is 1.30 bits per heavy atom. The van der Waals surface area contributed by atoms with Crippen LogP contribution in [0.15, 0.2) is 0 Å². The fourth-order valence-corrected chi connectivity index (χ4v) is 4.37. The molecule has 0 saturated heterocycles. The number of hydrogen-bond acceptors (Lipinski definition) is 3. The Morgan fingerprint density at radius 3 is 2.70 bits per heavy atom. The van der Waals surface area contributed by atoms with Gasteiger partial charge in [0.05, 0.1) is 11.2 Å². The lowest BCUT2D eigenvalue weighted by atomic mass is 9.92. The van der Waals surface area contributed by atoms with Crippen LogP contribution < -0.4 is 5.32 Å². The third-order valence-corrected chi connectivity index (χ3v) is 6.06. The lowest BCUT2D eigenvalue weighted by molar-refractivity contribution is 0.307. The molecule has 1 atom stereocenters. The average molecular weight is 292 g/mol. The fourth-order valence-electron chi connectivity index (χ4n) is 3.08. The predicted octanol–water partition coefficient (Wildman–Crippen LogP) is 4.43. The molecule has 1 unspecified atom stereocenters. The van der Waals surface area contributed by atoms with Crippen molar-refractivity contribution in [2.45, 2.75) is 83.7 Å². The minimum absolute atomic E-state index is 0.105. The fraction of sp³-hybridized carbons (Fsp3) is 0.824. The summed E-state index contributed by atoms with van der Waals surface area (Å²) in [6.45, 7) is 7.03. The van der Waals surface area contributed by atoms with Gasteiger partial charge in [-0.3, -0.25) is 0 Å². The molecule has 1 aromatic heterocycles. The van der Waals surface area contributed by atoms with Gasteiger partial charge >= 0.3 is 0 Å². The van der Waals surface area contributed by atoms with Gasteiger partial charge in [-0.1, -0.05) is 13.8 Å². The molecule has 112 valence electrons. The minimum atomic E-state index is 0.105. The SMILES string of the molecule is CC(C)CCC(C)(NC1CC1)c1nc2c(s1)CCCC2. The smallest absolute Gasteiger partial charge is 0.113 e. The maximum absolute atomic E-state index is 5.04. The van der Waals surface area contributed by atoms with Gasteiger partial charge in [0.2, 0.25) is 0 Å². The summed E-state index contributed by atoms with van der Waals surface area (Å²) >= 11 is 1.99. The molecule has 1 saturated carbocycles. The number of nitrogens with zero attached hydrogens (tertiary/aromatic N) is 1. The molecular formula is C17H28N2S. The van der Waals surface area contributed by atoms with Gasteiger partial charge in [0.1, 0.15) is 5.01 Å². The highest BCUT2D eigenvalue weighted by Gasteiger charge is 2.36. The van der Waals surface area contributed by atoms with E-state index in [0.717, 1.165) is 12.0 Å². The first kappa shape index (κ1) is 14.5. The summed E-state index contributed by atoms with van der Waals surface area (Å²) in [5, 5.41) is 5.25. The van der Waals surface area contributed by atoms with Gasteiger partial charge in [-0.25, -0.2) is 4.98 Å². The van der Waals surface area contributed by atoms with Gasteiger partial charge in [0.15, 0.2) is 0 Å². The van der Waals surface area contributed by atoms with E-state index in [1.54, 1.807) is 4.88 Å². The first-order chi connectivity index (χ1) is 9.57. The first-order valence-corrected chi connectivity index (χ1v) is 9.15. The van der Waals surface area contributed by atoms with Crippen LogP contribution in [0.25, 0.3) is 0 Å². The van der Waals surface area contributed by atoms with E-state index in [1.807, 2.05) is 11.3 Å². The summed E-state index contributed by atoms with van der Waals surface area (Å²) in [6.07, 6.45) is 10.3. The summed E-state index contributed by atoms with van der Waals surface area (Å²) in [5.74, 6) is 0.768. The Hall–Kier alpha value is -0.410. The van der Waals surface area contributed by atoms with Gasteiger partial charge in [-0.2, -0.15) is 0 Å². The highest BCUT2D eigenvalue weighted by atomic mass is 32.1. The molecule has 0 radical (unpaired) electrons. The molecule has 1 aromatic rings. The topological polar surface area (TPSA) is 24.9 Å². The minimum Gasteiger partial charge on any atom is -0.303 e. The molecular weight excluding hydrogens is 264 g/mol. The van der Waals surface area contributed by atoms with Crippen molar-refractivity contribution in [1.29, 1.82) is 0 Å². The second-order valence-corrected chi connectivity index (χ2v) is 8.36. The monoisotopic (exact) mass is 292 g/mol. The first-order valence-electron chi connectivity index (χ1n) is 8.33. The highest BCUT2D eigenvalue weighted by Crippen LogP contribution is 2.38. The van der Waals surface area contributed by atoms with E-state index in [9.17, 15) is 0 Å². The van der Waals surface area contributed by atoms with Gasteiger partial charge in [0, 0.05) is 10.9 Å². The van der Waals surface area contributed by atoms with Crippen LogP contribution >= 0.6 is 11.3 Å². The number of aromatic nitrogens is 1. The van der Waals surface area contributed by atoms with Crippen LogP contribution in [-0.2, 0) is 18.4 Å². The predicted molar refractivity (Wildman–Crippen MR) is 86.3 cm³/mol.